The summed E-state index contributed by atoms with van der Waals surface area (Å²) in [5, 5.41) is 15.8. The lowest BCUT2D eigenvalue weighted by molar-refractivity contribution is -0.117. The van der Waals surface area contributed by atoms with Gasteiger partial charge in [0.1, 0.15) is 29.8 Å². The quantitative estimate of drug-likeness (QED) is 0.218. The van der Waals surface area contributed by atoms with E-state index >= 15 is 0 Å². The minimum absolute atomic E-state index is 0.0235. The highest BCUT2D eigenvalue weighted by atomic mass is 32.2. The molecule has 15 nitrogen and oxygen atoms in total. The second kappa shape index (κ2) is 10.4. The molecule has 5 atom stereocenters. The number of aromatic nitrogens is 2. The lowest BCUT2D eigenvalue weighted by Crippen LogP contribution is -2.54. The topological polar surface area (TPSA) is 182 Å². The van der Waals surface area contributed by atoms with Crippen LogP contribution in [0.4, 0.5) is 17.3 Å². The molecule has 1 aromatic rings. The molecule has 0 saturated carbocycles. The summed E-state index contributed by atoms with van der Waals surface area (Å²) in [6.45, 7) is 6.88. The molecule has 38 heavy (non-hydrogen) atoms. The number of hydrogen-bond acceptors (Lipinski definition) is 15. The fourth-order valence-electron chi connectivity index (χ4n) is 4.21. The van der Waals surface area contributed by atoms with Crippen LogP contribution >= 0.6 is 19.6 Å². The van der Waals surface area contributed by atoms with Crippen LogP contribution in [0, 0.1) is 5.41 Å². The van der Waals surface area contributed by atoms with Gasteiger partial charge in [-0.1, -0.05) is 32.5 Å². The van der Waals surface area contributed by atoms with Gasteiger partial charge in [-0.2, -0.15) is 0 Å². The van der Waals surface area contributed by atoms with Crippen molar-refractivity contribution in [2.75, 3.05) is 54.2 Å². The Kier molecular flexibility index (Phi) is 8.09. The zero-order valence-electron chi connectivity index (χ0n) is 21.9. The van der Waals surface area contributed by atoms with Crippen LogP contribution in [0.5, 0.6) is 0 Å². The molecular weight excluding hydrogens is 563 g/mol. The molecule has 4 rings (SSSR count). The number of hydrogen-bond donors (Lipinski definition) is 3. The largest absolute Gasteiger partial charge is 0.475 e. The number of carbonyl (C=O) groups excluding carboxylic acids is 1. The Morgan fingerprint density at radius 1 is 1.45 bits per heavy atom. The van der Waals surface area contributed by atoms with Crippen LogP contribution in [0.25, 0.3) is 0 Å². The number of phosphoric acid groups is 1. The number of aliphatic hydroxyl groups is 1. The Labute approximate surface area is 225 Å². The maximum atomic E-state index is 13.1. The highest BCUT2D eigenvalue weighted by molar-refractivity contribution is 8.13. The normalized spacial score (nSPS) is 31.0. The molecule has 0 amide bonds. The molecule has 3 aliphatic rings. The minimum atomic E-state index is -4.03. The molecule has 0 aliphatic carbocycles. The van der Waals surface area contributed by atoms with Crippen LogP contribution in [0.2, 0.25) is 0 Å². The van der Waals surface area contributed by atoms with Crippen molar-refractivity contribution in [3.05, 3.63) is 6.33 Å². The molecule has 0 bridgehead atoms. The number of anilines is 3. The van der Waals surface area contributed by atoms with Gasteiger partial charge in [0.25, 0.3) is 0 Å². The third-order valence-electron chi connectivity index (χ3n) is 5.94. The first-order valence-electron chi connectivity index (χ1n) is 11.7. The smallest absolute Gasteiger partial charge is 0.383 e. The van der Waals surface area contributed by atoms with Crippen molar-refractivity contribution >= 4 is 52.0 Å². The molecular formula is C20H33N6O9PS2. The summed E-state index contributed by atoms with van der Waals surface area (Å²) >= 11 is 1.07. The summed E-state index contributed by atoms with van der Waals surface area (Å²) in [6, 6.07) is 0. The third kappa shape index (κ3) is 6.10. The SMILES string of the molecule is CN(NS(C)(=O)=O)c1ncnc2c1NCN2C1OC2COP(=O)(OCCSC(=O)C(C)(C)C)O[C@H]2[C@@]1(C)O. The van der Waals surface area contributed by atoms with Crippen molar-refractivity contribution in [1.82, 2.24) is 14.8 Å². The molecule has 3 aliphatic heterocycles. The average Bonchev–Trinajstić information content (AvgIpc) is 3.32. The number of ether oxygens (including phenoxy) is 1. The van der Waals surface area contributed by atoms with Gasteiger partial charge in [0, 0.05) is 18.2 Å². The number of phosphoric ester groups is 1. The second-order valence-electron chi connectivity index (χ2n) is 10.4. The maximum absolute atomic E-state index is 13.1. The standard InChI is InChI=1S/C20H33N6O9PS2/c1-19(2,3)18(27)37-8-7-32-36(29)33-9-12-14(35-36)20(4,28)17(34-12)26-11-23-13-15(21-10-22-16(13)26)25(5)24-38(6,30)31/h10,12,14,17,23-24,28H,7-9,11H2,1-6H3/t12?,14-,17?,20-,36?/m1/s1. The van der Waals surface area contributed by atoms with Crippen molar-refractivity contribution in [3.8, 4) is 0 Å². The molecule has 3 unspecified atom stereocenters. The van der Waals surface area contributed by atoms with Crippen molar-refractivity contribution < 1.29 is 41.2 Å². The predicted molar refractivity (Wildman–Crippen MR) is 140 cm³/mol. The van der Waals surface area contributed by atoms with Crippen LogP contribution in [0.1, 0.15) is 27.7 Å². The molecule has 1 aromatic heterocycles. The molecule has 0 spiro atoms. The first-order valence-corrected chi connectivity index (χ1v) is 16.0. The van der Waals surface area contributed by atoms with E-state index in [-0.39, 0.29) is 36.6 Å². The summed E-state index contributed by atoms with van der Waals surface area (Å²) in [5.41, 5.74) is -1.76. The molecule has 2 saturated heterocycles. The number of rotatable bonds is 8. The van der Waals surface area contributed by atoms with Crippen molar-refractivity contribution in [2.45, 2.75) is 51.7 Å². The van der Waals surface area contributed by atoms with Crippen LogP contribution in [-0.4, -0.2) is 91.6 Å². The van der Waals surface area contributed by atoms with Gasteiger partial charge in [-0.05, 0) is 6.92 Å². The number of nitrogens with one attached hydrogen (secondary N) is 2. The van der Waals surface area contributed by atoms with E-state index in [1.54, 1.807) is 4.90 Å². The van der Waals surface area contributed by atoms with Crippen LogP contribution in [0.15, 0.2) is 6.33 Å². The highest BCUT2D eigenvalue weighted by Gasteiger charge is 2.61. The van der Waals surface area contributed by atoms with Crippen LogP contribution in [-0.2, 0) is 37.7 Å². The Bertz CT molecular complexity index is 1230. The molecule has 0 radical (unpaired) electrons. The van der Waals surface area contributed by atoms with Gasteiger partial charge in [0.15, 0.2) is 23.0 Å². The zero-order chi connectivity index (χ0) is 28.1. The Hall–Kier alpha value is -1.56. The van der Waals surface area contributed by atoms with Gasteiger partial charge < -0.3 is 20.1 Å². The van der Waals surface area contributed by atoms with E-state index in [0.717, 1.165) is 18.0 Å². The molecule has 2 fully saturated rings. The van der Waals surface area contributed by atoms with E-state index in [2.05, 4.69) is 20.1 Å². The lowest BCUT2D eigenvalue weighted by atomic mass is 9.96. The maximum Gasteiger partial charge on any atom is 0.475 e. The minimum Gasteiger partial charge on any atom is -0.383 e. The molecule has 18 heteroatoms. The molecule has 3 N–H and O–H groups in total. The number of carbonyl (C=O) groups is 1. The molecule has 0 aromatic carbocycles. The van der Waals surface area contributed by atoms with E-state index < -0.39 is 47.3 Å². The summed E-state index contributed by atoms with van der Waals surface area (Å²) in [4.78, 5) is 24.5. The third-order valence-corrected chi connectivity index (χ3v) is 9.24. The number of nitrogens with zero attached hydrogens (tertiary/aromatic N) is 4. The fraction of sp³-hybridized carbons (Fsp3) is 0.750. The number of hydrazine groups is 1. The summed E-state index contributed by atoms with van der Waals surface area (Å²) in [7, 11) is -6.09. The average molecular weight is 597 g/mol. The van der Waals surface area contributed by atoms with Gasteiger partial charge in [-0.25, -0.2) is 23.0 Å². The first kappa shape index (κ1) is 29.4. The van der Waals surface area contributed by atoms with Crippen LogP contribution in [0.3, 0.4) is 0 Å². The molecule has 4 heterocycles. The molecule has 214 valence electrons. The Balaban J connectivity index is 1.45. The fourth-order valence-corrected chi connectivity index (χ4v) is 7.17. The number of thioether (sulfide) groups is 1. The number of fused-ring (bicyclic) bond motifs is 2. The number of sulfonamides is 1. The van der Waals surface area contributed by atoms with E-state index in [0.29, 0.717) is 11.5 Å². The van der Waals surface area contributed by atoms with Gasteiger partial charge in [-0.3, -0.25) is 23.4 Å². The Morgan fingerprint density at radius 3 is 2.82 bits per heavy atom. The van der Waals surface area contributed by atoms with Crippen molar-refractivity contribution in [1.29, 1.82) is 0 Å². The Morgan fingerprint density at radius 2 is 2.16 bits per heavy atom. The zero-order valence-corrected chi connectivity index (χ0v) is 24.4. The van der Waals surface area contributed by atoms with Crippen molar-refractivity contribution in [2.24, 2.45) is 5.41 Å². The van der Waals surface area contributed by atoms with Gasteiger partial charge in [0.2, 0.25) is 10.0 Å². The first-order chi connectivity index (χ1) is 17.5. The van der Waals surface area contributed by atoms with Crippen molar-refractivity contribution in [3.63, 3.8) is 0 Å². The monoisotopic (exact) mass is 596 g/mol. The predicted octanol–water partition coefficient (Wildman–Crippen LogP) is 0.888. The highest BCUT2D eigenvalue weighted by Crippen LogP contribution is 2.58. The summed E-state index contributed by atoms with van der Waals surface area (Å²) < 4.78 is 59.0. The van der Waals surface area contributed by atoms with Crippen LogP contribution < -0.4 is 20.1 Å². The van der Waals surface area contributed by atoms with Gasteiger partial charge in [-0.15, -0.1) is 4.83 Å². The van der Waals surface area contributed by atoms with Gasteiger partial charge >= 0.3 is 7.82 Å². The summed E-state index contributed by atoms with van der Waals surface area (Å²) in [5.74, 6) is 0.886. The van der Waals surface area contributed by atoms with E-state index in [9.17, 15) is 22.9 Å². The van der Waals surface area contributed by atoms with Gasteiger partial charge in [0.05, 0.1) is 26.1 Å². The van der Waals surface area contributed by atoms with E-state index in [4.69, 9.17) is 18.3 Å². The lowest BCUT2D eigenvalue weighted by Gasteiger charge is -2.36. The van der Waals surface area contributed by atoms with E-state index in [1.807, 2.05) is 20.8 Å². The summed E-state index contributed by atoms with van der Waals surface area (Å²) in [6.07, 6.45) is -0.509. The van der Waals surface area contributed by atoms with E-state index in [1.165, 1.54) is 25.3 Å². The second-order valence-corrected chi connectivity index (χ2v) is 14.8.